The van der Waals surface area contributed by atoms with Crippen molar-refractivity contribution in [2.75, 3.05) is 26.7 Å². The molecule has 0 aromatic carbocycles. The Morgan fingerprint density at radius 1 is 1.64 bits per heavy atom. The van der Waals surface area contributed by atoms with Gasteiger partial charge in [-0.3, -0.25) is 4.79 Å². The second kappa shape index (κ2) is 5.09. The molecule has 0 spiro atoms. The van der Waals surface area contributed by atoms with E-state index in [9.17, 15) is 4.79 Å². The number of carboxylic acid groups (broad SMARTS) is 1. The van der Waals surface area contributed by atoms with E-state index in [2.05, 4.69) is 0 Å². The summed E-state index contributed by atoms with van der Waals surface area (Å²) in [6, 6.07) is 0. The van der Waals surface area contributed by atoms with E-state index in [-0.39, 0.29) is 12.5 Å². The minimum absolute atomic E-state index is 0.0723. The van der Waals surface area contributed by atoms with E-state index in [0.29, 0.717) is 13.1 Å². The van der Waals surface area contributed by atoms with Crippen LogP contribution in [0.2, 0.25) is 0 Å². The van der Waals surface area contributed by atoms with Crippen LogP contribution < -0.4 is 0 Å². The fourth-order valence-electron chi connectivity index (χ4n) is 0.808. The number of rotatable bonds is 5. The number of nitrogens with zero attached hydrogens (tertiary/aromatic N) is 1. The fraction of sp³-hybridized carbons (Fsp3) is 0.857. The lowest BCUT2D eigenvalue weighted by atomic mass is 10.2. The van der Waals surface area contributed by atoms with Gasteiger partial charge in [-0.25, -0.2) is 0 Å². The highest BCUT2D eigenvalue weighted by Crippen LogP contribution is 1.96. The second-order valence-electron chi connectivity index (χ2n) is 2.73. The number of carbonyl (C=O) groups is 1. The molecule has 0 aliphatic heterocycles. The normalized spacial score (nSPS) is 13.5. The third kappa shape index (κ3) is 4.75. The van der Waals surface area contributed by atoms with Gasteiger partial charge < -0.3 is 15.1 Å². The second-order valence-corrected chi connectivity index (χ2v) is 2.73. The van der Waals surface area contributed by atoms with Crippen molar-refractivity contribution < 1.29 is 15.0 Å². The number of hydrogen-bond acceptors (Lipinski definition) is 3. The van der Waals surface area contributed by atoms with Crippen LogP contribution in [-0.4, -0.2) is 47.8 Å². The Balaban J connectivity index is 3.56. The van der Waals surface area contributed by atoms with Gasteiger partial charge in [0.15, 0.2) is 0 Å². The number of aliphatic hydroxyl groups is 1. The maximum absolute atomic E-state index is 10.3. The Kier molecular flexibility index (Phi) is 4.81. The Morgan fingerprint density at radius 2 is 2.18 bits per heavy atom. The van der Waals surface area contributed by atoms with Gasteiger partial charge in [-0.15, -0.1) is 0 Å². The standard InChI is InChI=1S/C7H15NO3/c1-6(7(10)11)5-8(2)3-4-9/h6,9H,3-5H2,1-2H3,(H,10,11). The van der Waals surface area contributed by atoms with Gasteiger partial charge >= 0.3 is 5.97 Å². The van der Waals surface area contributed by atoms with E-state index in [0.717, 1.165) is 0 Å². The molecule has 0 aromatic rings. The van der Waals surface area contributed by atoms with Crippen molar-refractivity contribution in [1.82, 2.24) is 4.90 Å². The molecular weight excluding hydrogens is 146 g/mol. The van der Waals surface area contributed by atoms with Crippen molar-refractivity contribution in [1.29, 1.82) is 0 Å². The molecule has 0 rings (SSSR count). The third-order valence-electron chi connectivity index (χ3n) is 1.49. The zero-order chi connectivity index (χ0) is 8.85. The number of likely N-dealkylation sites (N-methyl/N-ethyl adjacent to an activating group) is 1. The third-order valence-corrected chi connectivity index (χ3v) is 1.49. The van der Waals surface area contributed by atoms with Gasteiger partial charge in [-0.05, 0) is 7.05 Å². The first-order valence-corrected chi connectivity index (χ1v) is 3.60. The van der Waals surface area contributed by atoms with E-state index in [1.807, 2.05) is 0 Å². The smallest absolute Gasteiger partial charge is 0.307 e. The summed E-state index contributed by atoms with van der Waals surface area (Å²) in [7, 11) is 1.79. The van der Waals surface area contributed by atoms with E-state index in [1.54, 1.807) is 18.9 Å². The van der Waals surface area contributed by atoms with Crippen LogP contribution in [-0.2, 0) is 4.79 Å². The van der Waals surface area contributed by atoms with Crippen LogP contribution in [0.15, 0.2) is 0 Å². The summed E-state index contributed by atoms with van der Waals surface area (Å²) >= 11 is 0. The first kappa shape index (κ1) is 10.4. The molecule has 0 aliphatic rings. The Bertz CT molecular complexity index is 127. The lowest BCUT2D eigenvalue weighted by Crippen LogP contribution is -2.30. The first-order valence-electron chi connectivity index (χ1n) is 3.60. The summed E-state index contributed by atoms with van der Waals surface area (Å²) in [5.41, 5.74) is 0. The monoisotopic (exact) mass is 161 g/mol. The molecule has 0 aromatic heterocycles. The van der Waals surface area contributed by atoms with E-state index in [1.165, 1.54) is 0 Å². The van der Waals surface area contributed by atoms with Crippen molar-refractivity contribution in [2.45, 2.75) is 6.92 Å². The maximum atomic E-state index is 10.3. The number of aliphatic hydroxyl groups excluding tert-OH is 1. The predicted molar refractivity (Wildman–Crippen MR) is 41.4 cm³/mol. The molecule has 0 saturated heterocycles. The minimum atomic E-state index is -0.796. The number of carboxylic acids is 1. The predicted octanol–water partition coefficient (Wildman–Crippen LogP) is -0.369. The molecule has 0 heterocycles. The van der Waals surface area contributed by atoms with Crippen molar-refractivity contribution in [3.8, 4) is 0 Å². The molecule has 0 saturated carbocycles. The topological polar surface area (TPSA) is 60.8 Å². The largest absolute Gasteiger partial charge is 0.481 e. The van der Waals surface area contributed by atoms with Crippen LogP contribution in [0.4, 0.5) is 0 Å². The Hall–Kier alpha value is -0.610. The zero-order valence-corrected chi connectivity index (χ0v) is 6.95. The number of hydrogen-bond donors (Lipinski definition) is 2. The molecule has 4 nitrogen and oxygen atoms in total. The summed E-state index contributed by atoms with van der Waals surface area (Å²) in [5.74, 6) is -1.17. The van der Waals surface area contributed by atoms with Gasteiger partial charge in [0.2, 0.25) is 0 Å². The first-order chi connectivity index (χ1) is 5.07. The number of aliphatic carboxylic acids is 1. The molecule has 1 atom stereocenters. The summed E-state index contributed by atoms with van der Waals surface area (Å²) in [4.78, 5) is 12.1. The van der Waals surface area contributed by atoms with Crippen molar-refractivity contribution in [3.05, 3.63) is 0 Å². The van der Waals surface area contributed by atoms with Crippen molar-refractivity contribution in [2.24, 2.45) is 5.92 Å². The van der Waals surface area contributed by atoms with Crippen molar-refractivity contribution >= 4 is 5.97 Å². The molecule has 11 heavy (non-hydrogen) atoms. The van der Waals surface area contributed by atoms with Crippen LogP contribution in [0, 0.1) is 5.92 Å². The molecule has 0 radical (unpaired) electrons. The van der Waals surface area contributed by atoms with E-state index < -0.39 is 5.97 Å². The van der Waals surface area contributed by atoms with Crippen LogP contribution in [0.3, 0.4) is 0 Å². The van der Waals surface area contributed by atoms with E-state index >= 15 is 0 Å². The van der Waals surface area contributed by atoms with E-state index in [4.69, 9.17) is 10.2 Å². The lowest BCUT2D eigenvalue weighted by Gasteiger charge is -2.17. The van der Waals surface area contributed by atoms with Gasteiger partial charge in [-0.1, -0.05) is 6.92 Å². The zero-order valence-electron chi connectivity index (χ0n) is 6.95. The average Bonchev–Trinajstić information content (AvgIpc) is 1.87. The summed E-state index contributed by atoms with van der Waals surface area (Å²) in [6.07, 6.45) is 0. The summed E-state index contributed by atoms with van der Waals surface area (Å²) in [6.45, 7) is 2.73. The van der Waals surface area contributed by atoms with Gasteiger partial charge in [0.1, 0.15) is 0 Å². The highest BCUT2D eigenvalue weighted by Gasteiger charge is 2.12. The van der Waals surface area contributed by atoms with Crippen LogP contribution in [0.25, 0.3) is 0 Å². The average molecular weight is 161 g/mol. The molecule has 0 bridgehead atoms. The van der Waals surface area contributed by atoms with Crippen LogP contribution in [0.1, 0.15) is 6.92 Å². The molecule has 2 N–H and O–H groups in total. The van der Waals surface area contributed by atoms with Crippen LogP contribution >= 0.6 is 0 Å². The van der Waals surface area contributed by atoms with Crippen LogP contribution in [0.5, 0.6) is 0 Å². The van der Waals surface area contributed by atoms with Gasteiger partial charge in [0.05, 0.1) is 12.5 Å². The molecule has 0 fully saturated rings. The molecule has 0 aliphatic carbocycles. The Morgan fingerprint density at radius 3 is 2.55 bits per heavy atom. The highest BCUT2D eigenvalue weighted by molar-refractivity contribution is 5.69. The van der Waals surface area contributed by atoms with Gasteiger partial charge in [0, 0.05) is 13.1 Å². The van der Waals surface area contributed by atoms with Crippen molar-refractivity contribution in [3.63, 3.8) is 0 Å². The van der Waals surface area contributed by atoms with Gasteiger partial charge in [0.25, 0.3) is 0 Å². The Labute approximate surface area is 66.4 Å². The quantitative estimate of drug-likeness (QED) is 0.577. The SMILES string of the molecule is CC(CN(C)CCO)C(=O)O. The molecular formula is C7H15NO3. The molecule has 1 unspecified atom stereocenters. The summed E-state index contributed by atoms with van der Waals surface area (Å²) < 4.78 is 0. The minimum Gasteiger partial charge on any atom is -0.481 e. The molecule has 4 heteroatoms. The lowest BCUT2D eigenvalue weighted by molar-refractivity contribution is -0.141. The maximum Gasteiger partial charge on any atom is 0.307 e. The molecule has 0 amide bonds. The molecule has 66 valence electrons. The summed E-state index contributed by atoms with van der Waals surface area (Å²) in [5, 5.41) is 17.0. The highest BCUT2D eigenvalue weighted by atomic mass is 16.4. The fourth-order valence-corrected chi connectivity index (χ4v) is 0.808. The van der Waals surface area contributed by atoms with Gasteiger partial charge in [-0.2, -0.15) is 0 Å².